The molecule has 1 aromatic rings. The van der Waals surface area contributed by atoms with Gasteiger partial charge in [-0.1, -0.05) is 11.6 Å². The van der Waals surface area contributed by atoms with Crippen molar-refractivity contribution < 1.29 is 21.9 Å². The van der Waals surface area contributed by atoms with E-state index in [1.807, 2.05) is 0 Å². The molecule has 3 N–H and O–H groups in total. The molecule has 0 atom stereocenters. The van der Waals surface area contributed by atoms with Crippen LogP contribution in [0.4, 0.5) is 14.5 Å². The fraction of sp³-hybridized carbons (Fsp3) is 0.455. The van der Waals surface area contributed by atoms with Crippen molar-refractivity contribution in [2.24, 2.45) is 0 Å². The van der Waals surface area contributed by atoms with Crippen LogP contribution in [0, 0.1) is 6.92 Å². The van der Waals surface area contributed by atoms with Crippen molar-refractivity contribution >= 4 is 27.3 Å². The first-order valence-electron chi connectivity index (χ1n) is 5.65. The number of nitrogens with one attached hydrogen (secondary N) is 1. The minimum absolute atomic E-state index is 0.00624. The summed E-state index contributed by atoms with van der Waals surface area (Å²) in [6.07, 6.45) is -2.58. The predicted octanol–water partition coefficient (Wildman–Crippen LogP) is 1.79. The molecule has 9 heteroatoms. The van der Waals surface area contributed by atoms with Crippen molar-refractivity contribution in [3.05, 3.63) is 22.7 Å². The van der Waals surface area contributed by atoms with Gasteiger partial charge in [-0.05, 0) is 24.6 Å². The highest BCUT2D eigenvalue weighted by Crippen LogP contribution is 2.25. The number of hydrogen-bond acceptors (Lipinski definition) is 4. The molecule has 0 unspecified atom stereocenters. The molecule has 0 fully saturated rings. The molecule has 0 radical (unpaired) electrons. The van der Waals surface area contributed by atoms with Gasteiger partial charge in [-0.2, -0.15) is 0 Å². The first-order chi connectivity index (χ1) is 9.24. The summed E-state index contributed by atoms with van der Waals surface area (Å²) in [6, 6.07) is 2.69. The van der Waals surface area contributed by atoms with Crippen molar-refractivity contribution in [3.8, 4) is 0 Å². The lowest BCUT2D eigenvalue weighted by atomic mass is 10.2. The van der Waals surface area contributed by atoms with Gasteiger partial charge in [0, 0.05) is 6.54 Å². The molecule has 0 aliphatic rings. The Kier molecular flexibility index (Phi) is 6.12. The summed E-state index contributed by atoms with van der Waals surface area (Å²) in [4.78, 5) is -0.00624. The van der Waals surface area contributed by atoms with Crippen LogP contribution in [-0.4, -0.2) is 34.6 Å². The zero-order valence-electron chi connectivity index (χ0n) is 10.7. The van der Waals surface area contributed by atoms with Crippen LogP contribution in [-0.2, 0) is 14.8 Å². The summed E-state index contributed by atoms with van der Waals surface area (Å²) in [5.41, 5.74) is 6.14. The average molecular weight is 329 g/mol. The molecule has 0 aliphatic heterocycles. The van der Waals surface area contributed by atoms with Crippen LogP contribution in [0.1, 0.15) is 5.56 Å². The summed E-state index contributed by atoms with van der Waals surface area (Å²) < 4.78 is 54.4. The number of hydrogen-bond donors (Lipinski definition) is 2. The minimum Gasteiger partial charge on any atom is -0.397 e. The molecular weight excluding hydrogens is 314 g/mol. The van der Waals surface area contributed by atoms with Crippen LogP contribution >= 0.6 is 11.6 Å². The highest BCUT2D eigenvalue weighted by molar-refractivity contribution is 7.89. The second kappa shape index (κ2) is 7.16. The SMILES string of the molecule is Cc1cc(Cl)c(N)cc1S(=O)(=O)NCCOCC(F)F. The van der Waals surface area contributed by atoms with E-state index in [0.717, 1.165) is 0 Å². The number of ether oxygens (including phenoxy) is 1. The standard InChI is InChI=1S/C11H15ClF2N2O3S/c1-7-4-8(12)9(15)5-10(7)20(17,18)16-2-3-19-6-11(13)14/h4-5,11,16H,2-3,6,15H2,1H3. The second-order valence-corrected chi connectivity index (χ2v) is 6.15. The maximum absolute atomic E-state index is 12.0. The number of nitrogens with two attached hydrogens (primary N) is 1. The van der Waals surface area contributed by atoms with Crippen LogP contribution in [0.15, 0.2) is 17.0 Å². The molecular formula is C11H15ClF2N2O3S. The summed E-state index contributed by atoms with van der Waals surface area (Å²) in [6.45, 7) is 0.588. The smallest absolute Gasteiger partial charge is 0.261 e. The number of rotatable bonds is 7. The summed E-state index contributed by atoms with van der Waals surface area (Å²) >= 11 is 5.78. The first-order valence-corrected chi connectivity index (χ1v) is 7.51. The molecule has 114 valence electrons. The molecule has 0 spiro atoms. The van der Waals surface area contributed by atoms with Gasteiger partial charge in [0.15, 0.2) is 0 Å². The van der Waals surface area contributed by atoms with Gasteiger partial charge in [0.25, 0.3) is 6.43 Å². The topological polar surface area (TPSA) is 81.4 Å². The largest absolute Gasteiger partial charge is 0.397 e. The zero-order chi connectivity index (χ0) is 15.3. The van der Waals surface area contributed by atoms with Gasteiger partial charge in [-0.25, -0.2) is 21.9 Å². The number of sulfonamides is 1. The van der Waals surface area contributed by atoms with Gasteiger partial charge >= 0.3 is 0 Å². The van der Waals surface area contributed by atoms with Crippen LogP contribution in [0.2, 0.25) is 5.02 Å². The zero-order valence-corrected chi connectivity index (χ0v) is 12.3. The van der Waals surface area contributed by atoms with Crippen molar-refractivity contribution in [2.45, 2.75) is 18.2 Å². The maximum atomic E-state index is 12.0. The van der Waals surface area contributed by atoms with E-state index in [1.165, 1.54) is 12.1 Å². The third-order valence-corrected chi connectivity index (χ3v) is 4.30. The number of benzene rings is 1. The van der Waals surface area contributed by atoms with Gasteiger partial charge < -0.3 is 10.5 Å². The van der Waals surface area contributed by atoms with Gasteiger partial charge in [0.1, 0.15) is 6.61 Å². The number of alkyl halides is 2. The minimum atomic E-state index is -3.79. The van der Waals surface area contributed by atoms with Crippen molar-refractivity contribution in [1.82, 2.24) is 4.72 Å². The van der Waals surface area contributed by atoms with E-state index in [0.29, 0.717) is 5.56 Å². The summed E-state index contributed by atoms with van der Waals surface area (Å²) in [5.74, 6) is 0. The average Bonchev–Trinajstić information content (AvgIpc) is 2.32. The number of halogens is 3. The monoisotopic (exact) mass is 328 g/mol. The summed E-state index contributed by atoms with van der Waals surface area (Å²) in [5, 5.41) is 0.265. The number of anilines is 1. The highest BCUT2D eigenvalue weighted by atomic mass is 35.5. The number of nitrogen functional groups attached to an aromatic ring is 1. The van der Waals surface area contributed by atoms with E-state index >= 15 is 0 Å². The summed E-state index contributed by atoms with van der Waals surface area (Å²) in [7, 11) is -3.79. The van der Waals surface area contributed by atoms with E-state index in [1.54, 1.807) is 6.92 Å². The third kappa shape index (κ3) is 4.86. The Balaban J connectivity index is 2.68. The van der Waals surface area contributed by atoms with E-state index in [4.69, 9.17) is 17.3 Å². The molecule has 1 rings (SSSR count). The van der Waals surface area contributed by atoms with Gasteiger partial charge in [0.05, 0.1) is 22.2 Å². The second-order valence-electron chi connectivity index (χ2n) is 4.00. The Hall–Kier alpha value is -0.960. The Morgan fingerprint density at radius 3 is 2.70 bits per heavy atom. The molecule has 0 heterocycles. The molecule has 0 aromatic heterocycles. The Bertz CT molecular complexity index is 567. The van der Waals surface area contributed by atoms with E-state index in [-0.39, 0.29) is 28.8 Å². The molecule has 0 saturated carbocycles. The molecule has 0 bridgehead atoms. The van der Waals surface area contributed by atoms with Gasteiger partial charge in [-0.3, -0.25) is 0 Å². The fourth-order valence-corrected chi connectivity index (χ4v) is 2.95. The van der Waals surface area contributed by atoms with Gasteiger partial charge in [-0.15, -0.1) is 0 Å². The molecule has 1 aromatic carbocycles. The van der Waals surface area contributed by atoms with Crippen LogP contribution < -0.4 is 10.5 Å². The fourth-order valence-electron chi connectivity index (χ4n) is 1.46. The molecule has 0 aliphatic carbocycles. The Labute approximate surface area is 121 Å². The molecule has 0 saturated heterocycles. The third-order valence-electron chi connectivity index (χ3n) is 2.37. The molecule has 20 heavy (non-hydrogen) atoms. The van der Waals surface area contributed by atoms with Crippen molar-refractivity contribution in [2.75, 3.05) is 25.5 Å². The van der Waals surface area contributed by atoms with Crippen LogP contribution in [0.25, 0.3) is 0 Å². The Morgan fingerprint density at radius 2 is 2.10 bits per heavy atom. The lowest BCUT2D eigenvalue weighted by Crippen LogP contribution is -2.28. The number of aryl methyl sites for hydroxylation is 1. The molecule has 0 amide bonds. The Morgan fingerprint density at radius 1 is 1.45 bits per heavy atom. The van der Waals surface area contributed by atoms with E-state index in [9.17, 15) is 17.2 Å². The van der Waals surface area contributed by atoms with E-state index < -0.39 is 23.1 Å². The van der Waals surface area contributed by atoms with E-state index in [2.05, 4.69) is 9.46 Å². The van der Waals surface area contributed by atoms with Crippen molar-refractivity contribution in [3.63, 3.8) is 0 Å². The van der Waals surface area contributed by atoms with Gasteiger partial charge in [0.2, 0.25) is 10.0 Å². The molecule has 5 nitrogen and oxygen atoms in total. The predicted molar refractivity (Wildman–Crippen MR) is 72.6 cm³/mol. The lowest BCUT2D eigenvalue weighted by Gasteiger charge is -2.11. The first kappa shape index (κ1) is 17.1. The van der Waals surface area contributed by atoms with Crippen LogP contribution in [0.3, 0.4) is 0 Å². The normalized spacial score (nSPS) is 12.1. The lowest BCUT2D eigenvalue weighted by molar-refractivity contribution is 0.0199. The highest BCUT2D eigenvalue weighted by Gasteiger charge is 2.18. The quantitative estimate of drug-likeness (QED) is 0.590. The van der Waals surface area contributed by atoms with Crippen LogP contribution in [0.5, 0.6) is 0 Å². The van der Waals surface area contributed by atoms with Crippen molar-refractivity contribution in [1.29, 1.82) is 0 Å². The maximum Gasteiger partial charge on any atom is 0.261 e.